The van der Waals surface area contributed by atoms with Gasteiger partial charge in [0.15, 0.2) is 5.78 Å². The van der Waals surface area contributed by atoms with Gasteiger partial charge in [-0.05, 0) is 19.3 Å². The van der Waals surface area contributed by atoms with Crippen molar-refractivity contribution >= 4 is 35.4 Å². The van der Waals surface area contributed by atoms with Gasteiger partial charge in [-0.15, -0.1) is 0 Å². The molecule has 0 fully saturated rings. The first-order valence-electron chi connectivity index (χ1n) is 18.0. The molecule has 0 heterocycles. The van der Waals surface area contributed by atoms with Crippen molar-refractivity contribution in [3.63, 3.8) is 0 Å². The number of methoxy groups -OCH3 is 1. The van der Waals surface area contributed by atoms with Gasteiger partial charge in [-0.1, -0.05) is 65.2 Å². The lowest BCUT2D eigenvalue weighted by Gasteiger charge is -2.16. The Kier molecular flexibility index (Phi) is 31.0. The summed E-state index contributed by atoms with van der Waals surface area (Å²) in [6, 6.07) is -0.904. The molecule has 0 saturated carbocycles. The average Bonchev–Trinajstić information content (AvgIpc) is 3.08. The van der Waals surface area contributed by atoms with Crippen molar-refractivity contribution in [1.82, 2.24) is 16.0 Å². The first-order valence-corrected chi connectivity index (χ1v) is 18.0. The molecule has 0 unspecified atom stereocenters. The summed E-state index contributed by atoms with van der Waals surface area (Å²) in [6.45, 7) is 5.76. The van der Waals surface area contributed by atoms with Crippen molar-refractivity contribution < 1.29 is 57.6 Å². The molecule has 0 spiro atoms. The summed E-state index contributed by atoms with van der Waals surface area (Å²) in [4.78, 5) is 70.5. The Morgan fingerprint density at radius 3 is 1.56 bits per heavy atom. The molecule has 15 heteroatoms. The van der Waals surface area contributed by atoms with E-state index in [2.05, 4.69) is 16.0 Å². The van der Waals surface area contributed by atoms with Gasteiger partial charge >= 0.3 is 11.9 Å². The van der Waals surface area contributed by atoms with Crippen LogP contribution in [0.3, 0.4) is 0 Å². The maximum Gasteiger partial charge on any atom is 0.328 e. The molecular formula is C35H63N3O12. The molecule has 0 aliphatic carbocycles. The number of carboxylic acids is 1. The molecule has 1 atom stereocenters. The number of aliphatic carboxylic acids is 1. The Hall–Kier alpha value is -3.14. The number of carbonyl (C=O) groups is 6. The summed E-state index contributed by atoms with van der Waals surface area (Å²) in [5.41, 5.74) is 0. The lowest BCUT2D eigenvalue weighted by atomic mass is 10.0. The van der Waals surface area contributed by atoms with Gasteiger partial charge in [-0.3, -0.25) is 24.0 Å². The summed E-state index contributed by atoms with van der Waals surface area (Å²) in [5.74, 6) is -2.18. The van der Waals surface area contributed by atoms with Gasteiger partial charge in [0, 0.05) is 38.3 Å². The fourth-order valence-electron chi connectivity index (χ4n) is 4.52. The SMILES string of the molecule is COC(=O)[C@H](CCC(=O)NCCOCCOCC(=O)NCCOCCOCC(=O)C(C)C)NC(=O)CCCCCCCCCCCCC(=O)O. The molecule has 50 heavy (non-hydrogen) atoms. The number of hydrogen-bond acceptors (Lipinski definition) is 11. The number of carboxylic acid groups (broad SMARTS) is 1. The molecular weight excluding hydrogens is 654 g/mol. The van der Waals surface area contributed by atoms with Gasteiger partial charge in [0.1, 0.15) is 19.3 Å². The summed E-state index contributed by atoms with van der Waals surface area (Å²) in [7, 11) is 1.24. The number of hydrogen-bond donors (Lipinski definition) is 4. The minimum Gasteiger partial charge on any atom is -0.481 e. The number of unbranched alkanes of at least 4 members (excludes halogenated alkanes) is 9. The molecule has 0 saturated heterocycles. The first kappa shape index (κ1) is 46.9. The van der Waals surface area contributed by atoms with Crippen molar-refractivity contribution in [2.24, 2.45) is 5.92 Å². The van der Waals surface area contributed by atoms with E-state index in [1.54, 1.807) is 0 Å². The Morgan fingerprint density at radius 2 is 1.04 bits per heavy atom. The standard InChI is InChI=1S/C35H63N3O12/c1-28(2)30(39)26-49-24-22-48-21-19-37-33(42)27-50-25-23-47-20-18-36-31(40)17-16-29(35(45)46-3)38-32(41)14-12-10-8-6-4-5-7-9-11-13-15-34(43)44/h28-29H,4-27H2,1-3H3,(H,36,40)(H,37,42)(H,38,41)(H,43,44)/t29-/m0/s1. The highest BCUT2D eigenvalue weighted by atomic mass is 16.5. The minimum atomic E-state index is -0.904. The summed E-state index contributed by atoms with van der Waals surface area (Å²) < 4.78 is 26.0. The lowest BCUT2D eigenvalue weighted by molar-refractivity contribution is -0.145. The smallest absolute Gasteiger partial charge is 0.328 e. The minimum absolute atomic E-state index is 0.0238. The maximum absolute atomic E-state index is 12.4. The maximum atomic E-state index is 12.4. The Labute approximate surface area is 297 Å². The van der Waals surface area contributed by atoms with Gasteiger partial charge in [-0.25, -0.2) is 4.79 Å². The van der Waals surface area contributed by atoms with Crippen LogP contribution in [0.25, 0.3) is 0 Å². The third-order valence-electron chi connectivity index (χ3n) is 7.53. The van der Waals surface area contributed by atoms with Crippen LogP contribution in [0.5, 0.6) is 0 Å². The highest BCUT2D eigenvalue weighted by Gasteiger charge is 2.22. The van der Waals surface area contributed by atoms with E-state index < -0.39 is 18.0 Å². The molecule has 290 valence electrons. The number of rotatable bonds is 35. The molecule has 0 rings (SSSR count). The van der Waals surface area contributed by atoms with Crippen LogP contribution in [-0.2, 0) is 52.5 Å². The monoisotopic (exact) mass is 717 g/mol. The topological polar surface area (TPSA) is 205 Å². The molecule has 4 N–H and O–H groups in total. The number of ketones is 1. The van der Waals surface area contributed by atoms with E-state index in [4.69, 9.17) is 28.8 Å². The number of amides is 3. The zero-order chi connectivity index (χ0) is 37.2. The van der Waals surface area contributed by atoms with Crippen molar-refractivity contribution in [1.29, 1.82) is 0 Å². The molecule has 0 aromatic carbocycles. The van der Waals surface area contributed by atoms with E-state index in [1.807, 2.05) is 13.8 Å². The summed E-state index contributed by atoms with van der Waals surface area (Å²) in [6.07, 6.45) is 10.6. The van der Waals surface area contributed by atoms with E-state index >= 15 is 0 Å². The van der Waals surface area contributed by atoms with Crippen LogP contribution >= 0.6 is 0 Å². The Balaban J connectivity index is 3.79. The Morgan fingerprint density at radius 1 is 0.560 bits per heavy atom. The normalized spacial score (nSPS) is 11.6. The largest absolute Gasteiger partial charge is 0.481 e. The third-order valence-corrected chi connectivity index (χ3v) is 7.53. The molecule has 0 aliphatic heterocycles. The van der Waals surface area contributed by atoms with E-state index in [9.17, 15) is 28.8 Å². The number of Topliss-reactive ketones (excluding diaryl/α,β-unsaturated/α-hetero) is 1. The highest BCUT2D eigenvalue weighted by Crippen LogP contribution is 2.12. The quantitative estimate of drug-likeness (QED) is 0.0552. The zero-order valence-corrected chi connectivity index (χ0v) is 30.6. The highest BCUT2D eigenvalue weighted by molar-refractivity contribution is 5.85. The van der Waals surface area contributed by atoms with Gasteiger partial charge < -0.3 is 44.7 Å². The van der Waals surface area contributed by atoms with E-state index in [0.29, 0.717) is 39.2 Å². The molecule has 0 bridgehead atoms. The van der Waals surface area contributed by atoms with Crippen LogP contribution in [0.2, 0.25) is 0 Å². The van der Waals surface area contributed by atoms with Crippen LogP contribution in [0.15, 0.2) is 0 Å². The second-order valence-corrected chi connectivity index (χ2v) is 12.3. The molecule has 0 aliphatic rings. The number of esters is 1. The molecule has 3 amide bonds. The average molecular weight is 718 g/mol. The fourth-order valence-corrected chi connectivity index (χ4v) is 4.52. The van der Waals surface area contributed by atoms with Crippen molar-refractivity contribution in [2.45, 2.75) is 110 Å². The van der Waals surface area contributed by atoms with Crippen LogP contribution in [-0.4, -0.2) is 120 Å². The van der Waals surface area contributed by atoms with Crippen LogP contribution < -0.4 is 16.0 Å². The molecule has 15 nitrogen and oxygen atoms in total. The fraction of sp³-hybridized carbons (Fsp3) is 0.829. The molecule has 0 radical (unpaired) electrons. The number of nitrogens with one attached hydrogen (secondary N) is 3. The zero-order valence-electron chi connectivity index (χ0n) is 30.6. The Bertz CT molecular complexity index is 948. The van der Waals surface area contributed by atoms with Crippen molar-refractivity contribution in [3.05, 3.63) is 0 Å². The molecule has 0 aromatic heterocycles. The summed E-state index contributed by atoms with van der Waals surface area (Å²) >= 11 is 0. The first-order chi connectivity index (χ1) is 24.1. The van der Waals surface area contributed by atoms with Crippen LogP contribution in [0.4, 0.5) is 0 Å². The van der Waals surface area contributed by atoms with Crippen LogP contribution in [0, 0.1) is 5.92 Å². The predicted molar refractivity (Wildman–Crippen MR) is 185 cm³/mol. The lowest BCUT2D eigenvalue weighted by Crippen LogP contribution is -2.42. The van der Waals surface area contributed by atoms with Gasteiger partial charge in [0.2, 0.25) is 17.7 Å². The van der Waals surface area contributed by atoms with E-state index in [1.165, 1.54) is 7.11 Å². The van der Waals surface area contributed by atoms with Crippen molar-refractivity contribution in [3.8, 4) is 0 Å². The second kappa shape index (κ2) is 33.0. The van der Waals surface area contributed by atoms with E-state index in [-0.39, 0.29) is 88.3 Å². The summed E-state index contributed by atoms with van der Waals surface area (Å²) in [5, 5.41) is 16.7. The third kappa shape index (κ3) is 30.9. The van der Waals surface area contributed by atoms with Crippen molar-refractivity contribution in [2.75, 3.05) is 73.1 Å². The predicted octanol–water partition coefficient (Wildman–Crippen LogP) is 2.71. The van der Waals surface area contributed by atoms with Crippen LogP contribution in [0.1, 0.15) is 104 Å². The number of carbonyl (C=O) groups excluding carboxylic acids is 5. The van der Waals surface area contributed by atoms with E-state index in [0.717, 1.165) is 57.8 Å². The van der Waals surface area contributed by atoms with Gasteiger partial charge in [0.05, 0.1) is 46.8 Å². The number of ether oxygens (including phenoxy) is 5. The molecule has 0 aromatic rings. The van der Waals surface area contributed by atoms with Gasteiger partial charge in [-0.2, -0.15) is 0 Å². The second-order valence-electron chi connectivity index (χ2n) is 12.3. The van der Waals surface area contributed by atoms with Gasteiger partial charge in [0.25, 0.3) is 0 Å².